The zero-order valence-corrected chi connectivity index (χ0v) is 10.5. The Morgan fingerprint density at radius 3 is 2.89 bits per heavy atom. The molecule has 2 N–H and O–H groups in total. The number of hydrogen-bond acceptors (Lipinski definition) is 4. The summed E-state index contributed by atoms with van der Waals surface area (Å²) in [7, 11) is 0. The van der Waals surface area contributed by atoms with Crippen molar-refractivity contribution >= 4 is 11.0 Å². The van der Waals surface area contributed by atoms with Crippen LogP contribution in [-0.2, 0) is 6.42 Å². The Morgan fingerprint density at radius 1 is 1.33 bits per heavy atom. The van der Waals surface area contributed by atoms with Gasteiger partial charge in [0.05, 0.1) is 12.9 Å². The van der Waals surface area contributed by atoms with Gasteiger partial charge in [0, 0.05) is 12.0 Å². The molecule has 0 bridgehead atoms. The first-order valence-corrected chi connectivity index (χ1v) is 6.23. The highest BCUT2D eigenvalue weighted by molar-refractivity contribution is 5.87. The molecule has 1 aromatic carbocycles. The molecule has 0 spiro atoms. The number of rotatable bonds is 6. The van der Waals surface area contributed by atoms with Gasteiger partial charge in [0.2, 0.25) is 5.75 Å². The molecule has 0 unspecified atom stereocenters. The number of phenolic OH excluding ortho intramolecular Hbond substituents is 1. The lowest BCUT2D eigenvalue weighted by molar-refractivity contribution is 0.284. The van der Waals surface area contributed by atoms with E-state index in [1.807, 2.05) is 19.1 Å². The highest BCUT2D eigenvalue weighted by Gasteiger charge is 2.15. The van der Waals surface area contributed by atoms with Crippen LogP contribution >= 0.6 is 0 Å². The van der Waals surface area contributed by atoms with E-state index in [0.29, 0.717) is 24.4 Å². The quantitative estimate of drug-likeness (QED) is 0.774. The van der Waals surface area contributed by atoms with Crippen molar-refractivity contribution in [2.45, 2.75) is 26.2 Å². The molecule has 4 nitrogen and oxygen atoms in total. The first-order chi connectivity index (χ1) is 8.77. The lowest BCUT2D eigenvalue weighted by Gasteiger charge is -2.11. The van der Waals surface area contributed by atoms with Crippen LogP contribution in [0.25, 0.3) is 11.0 Å². The predicted octanol–water partition coefficient (Wildman–Crippen LogP) is 2.85. The van der Waals surface area contributed by atoms with Crippen LogP contribution < -0.4 is 4.74 Å². The van der Waals surface area contributed by atoms with E-state index in [-0.39, 0.29) is 12.4 Å². The van der Waals surface area contributed by atoms with Crippen LogP contribution in [0.3, 0.4) is 0 Å². The average molecular weight is 250 g/mol. The Bertz CT molecular complexity index is 516. The Hall–Kier alpha value is -1.68. The maximum absolute atomic E-state index is 10.2. The Kier molecular flexibility index (Phi) is 4.10. The van der Waals surface area contributed by atoms with Crippen molar-refractivity contribution in [3.63, 3.8) is 0 Å². The number of phenols is 1. The molecule has 2 aromatic rings. The summed E-state index contributed by atoms with van der Waals surface area (Å²) in [6.45, 7) is 2.52. The molecular weight excluding hydrogens is 232 g/mol. The van der Waals surface area contributed by atoms with Gasteiger partial charge < -0.3 is 19.4 Å². The van der Waals surface area contributed by atoms with E-state index in [4.69, 9.17) is 14.3 Å². The van der Waals surface area contributed by atoms with E-state index in [1.54, 1.807) is 6.26 Å². The van der Waals surface area contributed by atoms with Crippen molar-refractivity contribution in [2.24, 2.45) is 0 Å². The minimum atomic E-state index is 0.150. The van der Waals surface area contributed by atoms with Gasteiger partial charge in [0.25, 0.3) is 0 Å². The third-order valence-electron chi connectivity index (χ3n) is 2.89. The Balaban J connectivity index is 2.37. The van der Waals surface area contributed by atoms with Gasteiger partial charge in [-0.05, 0) is 43.9 Å². The third-order valence-corrected chi connectivity index (χ3v) is 2.89. The van der Waals surface area contributed by atoms with Crippen LogP contribution in [0.2, 0.25) is 0 Å². The maximum atomic E-state index is 10.2. The summed E-state index contributed by atoms with van der Waals surface area (Å²) in [5, 5.41) is 19.9. The number of furan rings is 1. The first-order valence-electron chi connectivity index (χ1n) is 6.23. The van der Waals surface area contributed by atoms with Crippen LogP contribution in [0.5, 0.6) is 11.5 Å². The summed E-state index contributed by atoms with van der Waals surface area (Å²) < 4.78 is 10.8. The van der Waals surface area contributed by atoms with Gasteiger partial charge in [-0.2, -0.15) is 0 Å². The minimum absolute atomic E-state index is 0.150. The smallest absolute Gasteiger partial charge is 0.204 e. The van der Waals surface area contributed by atoms with Gasteiger partial charge in [-0.1, -0.05) is 0 Å². The molecule has 0 saturated carbocycles. The molecule has 0 saturated heterocycles. The molecule has 0 fully saturated rings. The first kappa shape index (κ1) is 12.8. The molecule has 0 aliphatic rings. The van der Waals surface area contributed by atoms with Crippen LogP contribution in [0.1, 0.15) is 25.3 Å². The Labute approximate surface area is 106 Å². The predicted molar refractivity (Wildman–Crippen MR) is 69.1 cm³/mol. The van der Waals surface area contributed by atoms with E-state index in [2.05, 4.69) is 0 Å². The fourth-order valence-corrected chi connectivity index (χ4v) is 2.02. The lowest BCUT2D eigenvalue weighted by Crippen LogP contribution is -1.96. The second kappa shape index (κ2) is 5.78. The lowest BCUT2D eigenvalue weighted by atomic mass is 10.0. The minimum Gasteiger partial charge on any atom is -0.504 e. The maximum Gasteiger partial charge on any atom is 0.204 e. The molecule has 0 amide bonds. The normalized spacial score (nSPS) is 11.0. The number of fused-ring (bicyclic) bond motifs is 1. The fraction of sp³-hybridized carbons (Fsp3) is 0.429. The molecule has 0 radical (unpaired) electrons. The third kappa shape index (κ3) is 2.43. The second-order valence-electron chi connectivity index (χ2n) is 4.17. The zero-order chi connectivity index (χ0) is 13.0. The van der Waals surface area contributed by atoms with E-state index >= 15 is 0 Å². The SMILES string of the molecule is CCOc1c(O)c(CCCCO)cc2ccoc12. The molecule has 2 rings (SSSR count). The van der Waals surface area contributed by atoms with Crippen LogP contribution in [0, 0.1) is 0 Å². The summed E-state index contributed by atoms with van der Waals surface area (Å²) in [6.07, 6.45) is 3.86. The molecular formula is C14H18O4. The monoisotopic (exact) mass is 250 g/mol. The zero-order valence-electron chi connectivity index (χ0n) is 10.5. The number of benzene rings is 1. The van der Waals surface area contributed by atoms with Crippen molar-refractivity contribution < 1.29 is 19.4 Å². The molecule has 0 aliphatic carbocycles. The number of aliphatic hydroxyl groups excluding tert-OH is 1. The number of aryl methyl sites for hydroxylation is 1. The summed E-state index contributed by atoms with van der Waals surface area (Å²) in [5.41, 5.74) is 1.42. The van der Waals surface area contributed by atoms with Crippen LogP contribution in [0.15, 0.2) is 22.8 Å². The summed E-state index contributed by atoms with van der Waals surface area (Å²) in [5.74, 6) is 0.566. The van der Waals surface area contributed by atoms with Crippen LogP contribution in [-0.4, -0.2) is 23.4 Å². The topological polar surface area (TPSA) is 62.8 Å². The molecule has 18 heavy (non-hydrogen) atoms. The van der Waals surface area contributed by atoms with Gasteiger partial charge in [-0.3, -0.25) is 0 Å². The number of ether oxygens (including phenoxy) is 1. The highest BCUT2D eigenvalue weighted by Crippen LogP contribution is 2.39. The molecule has 4 heteroatoms. The number of hydrogen-bond donors (Lipinski definition) is 2. The van der Waals surface area contributed by atoms with Crippen LogP contribution in [0.4, 0.5) is 0 Å². The van der Waals surface area contributed by atoms with Crippen molar-refractivity contribution in [3.05, 3.63) is 24.0 Å². The summed E-state index contributed by atoms with van der Waals surface area (Å²) in [4.78, 5) is 0. The van der Waals surface area contributed by atoms with E-state index < -0.39 is 0 Å². The van der Waals surface area contributed by atoms with Gasteiger partial charge in [-0.15, -0.1) is 0 Å². The van der Waals surface area contributed by atoms with Crippen molar-refractivity contribution in [3.8, 4) is 11.5 Å². The number of unbranched alkanes of at least 4 members (excludes halogenated alkanes) is 1. The van der Waals surface area contributed by atoms with Crippen molar-refractivity contribution in [2.75, 3.05) is 13.2 Å². The summed E-state index contributed by atoms with van der Waals surface area (Å²) >= 11 is 0. The summed E-state index contributed by atoms with van der Waals surface area (Å²) in [6, 6.07) is 3.76. The molecule has 0 atom stereocenters. The standard InChI is InChI=1S/C14H18O4/c1-2-17-14-12(16)10(5-3-4-7-15)9-11-6-8-18-13(11)14/h6,8-9,15-16H,2-5,7H2,1H3. The van der Waals surface area contributed by atoms with E-state index in [9.17, 15) is 5.11 Å². The van der Waals surface area contributed by atoms with Gasteiger partial charge in [0.15, 0.2) is 11.3 Å². The van der Waals surface area contributed by atoms with Gasteiger partial charge in [-0.25, -0.2) is 0 Å². The molecule has 1 heterocycles. The van der Waals surface area contributed by atoms with Crippen molar-refractivity contribution in [1.29, 1.82) is 0 Å². The van der Waals surface area contributed by atoms with E-state index in [1.165, 1.54) is 0 Å². The number of aliphatic hydroxyl groups is 1. The largest absolute Gasteiger partial charge is 0.504 e. The fourth-order valence-electron chi connectivity index (χ4n) is 2.02. The van der Waals surface area contributed by atoms with Gasteiger partial charge in [0.1, 0.15) is 0 Å². The highest BCUT2D eigenvalue weighted by atomic mass is 16.5. The molecule has 1 aromatic heterocycles. The second-order valence-corrected chi connectivity index (χ2v) is 4.17. The van der Waals surface area contributed by atoms with Crippen molar-refractivity contribution in [1.82, 2.24) is 0 Å². The Morgan fingerprint density at radius 2 is 2.17 bits per heavy atom. The average Bonchev–Trinajstić information content (AvgIpc) is 2.82. The molecule has 98 valence electrons. The molecule has 0 aliphatic heterocycles. The number of aromatic hydroxyl groups is 1. The van der Waals surface area contributed by atoms with E-state index in [0.717, 1.165) is 23.8 Å². The van der Waals surface area contributed by atoms with Gasteiger partial charge >= 0.3 is 0 Å².